The molecule has 29 nitrogen and oxygen atoms in total. The van der Waals surface area contributed by atoms with Crippen LogP contribution in [-0.2, 0) is 69.2 Å². The van der Waals surface area contributed by atoms with E-state index in [0.29, 0.717) is 24.8 Å². The summed E-state index contributed by atoms with van der Waals surface area (Å²) >= 11 is 0. The Kier molecular flexibility index (Phi) is 36.2. The molecule has 19 N–H and O–H groups in total. The van der Waals surface area contributed by atoms with Crippen molar-refractivity contribution in [2.45, 2.75) is 192 Å². The summed E-state index contributed by atoms with van der Waals surface area (Å²) in [5, 5.41) is 48.6. The van der Waals surface area contributed by atoms with Gasteiger partial charge in [0, 0.05) is 19.0 Å². The number of carbonyl (C=O) groups is 11. The number of primary amides is 3. The Hall–Kier alpha value is -6.86. The fraction of sp³-hybridized carbons (Fsp3) is 0.691. The molecule has 0 saturated carbocycles. The van der Waals surface area contributed by atoms with Gasteiger partial charge in [0.1, 0.15) is 48.3 Å². The first-order valence-electron chi connectivity index (χ1n) is 28.9. The molecular weight excluding hydrogens is 1130 g/mol. The van der Waals surface area contributed by atoms with Gasteiger partial charge in [-0.3, -0.25) is 52.7 Å². The molecule has 0 aliphatic rings. The summed E-state index contributed by atoms with van der Waals surface area (Å²) in [6.45, 7) is 6.72. The van der Waals surface area contributed by atoms with Crippen molar-refractivity contribution in [3.05, 3.63) is 35.9 Å². The number of nitrogens with zero attached hydrogens (tertiary/aromatic N) is 1. The SMILES string of the molecule is CCCCCCCCCCCCN([C@@H](CO)C(=O)N[C@@H](CO)C(N)=O)S(=O)(=O)C[C@H](CC(C)C)NC(=O)[C@@H](NC(=O)[C@H](C)NC(=O)CNC(=O)[C@H](Cc1ccccc1)NC(=O)[C@H](CC(N)=O)NC(=O)[C@H](CC(N)=O)NC(=O)[C@@H](N)CO)[C@@H](C)CC. The van der Waals surface area contributed by atoms with E-state index in [1.54, 1.807) is 58.0 Å². The molecule has 0 aromatic heterocycles. The van der Waals surface area contributed by atoms with Gasteiger partial charge in [0.05, 0.1) is 45.0 Å². The molecule has 11 amide bonds. The summed E-state index contributed by atoms with van der Waals surface area (Å²) in [6, 6.07) is -5.41. The van der Waals surface area contributed by atoms with Crippen LogP contribution in [0.5, 0.6) is 0 Å². The van der Waals surface area contributed by atoms with Gasteiger partial charge >= 0.3 is 0 Å². The third-order valence-corrected chi connectivity index (χ3v) is 15.8. The molecule has 0 radical (unpaired) electrons. The van der Waals surface area contributed by atoms with Crippen molar-refractivity contribution in [2.24, 2.45) is 34.8 Å². The van der Waals surface area contributed by atoms with E-state index in [9.17, 15) is 76.5 Å². The van der Waals surface area contributed by atoms with Crippen molar-refractivity contribution in [1.82, 2.24) is 46.8 Å². The molecule has 0 bridgehead atoms. The molecule has 1 aromatic rings. The molecule has 482 valence electrons. The second-order valence-corrected chi connectivity index (χ2v) is 23.6. The van der Waals surface area contributed by atoms with Crippen LogP contribution in [0.25, 0.3) is 0 Å². The van der Waals surface area contributed by atoms with E-state index in [0.717, 1.165) is 49.3 Å². The van der Waals surface area contributed by atoms with Gasteiger partial charge in [-0.25, -0.2) is 8.42 Å². The highest BCUT2D eigenvalue weighted by Gasteiger charge is 2.39. The minimum Gasteiger partial charge on any atom is -0.394 e. The van der Waals surface area contributed by atoms with Crippen LogP contribution in [0.2, 0.25) is 0 Å². The van der Waals surface area contributed by atoms with Gasteiger partial charge in [-0.15, -0.1) is 0 Å². The number of rotatable bonds is 45. The van der Waals surface area contributed by atoms with Gasteiger partial charge in [0.25, 0.3) is 0 Å². The maximum atomic E-state index is 14.5. The Morgan fingerprint density at radius 2 is 1.08 bits per heavy atom. The summed E-state index contributed by atoms with van der Waals surface area (Å²) in [5.41, 5.74) is 22.0. The van der Waals surface area contributed by atoms with Crippen LogP contribution >= 0.6 is 0 Å². The van der Waals surface area contributed by atoms with Crippen molar-refractivity contribution in [3.8, 4) is 0 Å². The van der Waals surface area contributed by atoms with Crippen molar-refractivity contribution in [1.29, 1.82) is 0 Å². The number of aliphatic hydroxyl groups excluding tert-OH is 3. The smallest absolute Gasteiger partial charge is 0.243 e. The van der Waals surface area contributed by atoms with E-state index in [4.69, 9.17) is 22.9 Å². The van der Waals surface area contributed by atoms with Crippen LogP contribution in [0.3, 0.4) is 0 Å². The van der Waals surface area contributed by atoms with Crippen molar-refractivity contribution < 1.29 is 76.5 Å². The summed E-state index contributed by atoms with van der Waals surface area (Å²) in [5.74, 6) is -12.7. The predicted octanol–water partition coefficient (Wildman–Crippen LogP) is -3.69. The van der Waals surface area contributed by atoms with Gasteiger partial charge < -0.3 is 80.8 Å². The number of carbonyl (C=O) groups excluding carboxylic acids is 11. The molecule has 0 unspecified atom stereocenters. The fourth-order valence-electron chi connectivity index (χ4n) is 8.82. The number of hydrogen-bond donors (Lipinski definition) is 15. The quantitative estimate of drug-likeness (QED) is 0.0280. The molecule has 10 atom stereocenters. The Balaban J connectivity index is 3.34. The number of nitrogens with one attached hydrogen (secondary N) is 8. The second-order valence-electron chi connectivity index (χ2n) is 21.6. The lowest BCUT2D eigenvalue weighted by Crippen LogP contribution is -2.60. The van der Waals surface area contributed by atoms with E-state index in [-0.39, 0.29) is 25.3 Å². The first-order chi connectivity index (χ1) is 40.0. The van der Waals surface area contributed by atoms with Gasteiger partial charge in [0.15, 0.2) is 0 Å². The maximum Gasteiger partial charge on any atom is 0.243 e. The highest BCUT2D eigenvalue weighted by molar-refractivity contribution is 7.89. The second kappa shape index (κ2) is 40.5. The van der Waals surface area contributed by atoms with Crippen LogP contribution in [0, 0.1) is 11.8 Å². The minimum atomic E-state index is -4.54. The average Bonchev–Trinajstić information content (AvgIpc) is 3.53. The molecule has 30 heteroatoms. The van der Waals surface area contributed by atoms with Crippen molar-refractivity contribution in [3.63, 3.8) is 0 Å². The summed E-state index contributed by atoms with van der Waals surface area (Å²) in [4.78, 5) is 144. The van der Waals surface area contributed by atoms with Crippen LogP contribution in [-0.4, -0.2) is 186 Å². The standard InChI is InChI=1S/C55H95N13O16S/c1-7-9-10-11-12-13-14-15-16-20-23-68(43(31-71)54(81)66-42(30-70)48(59)75)85(83,84)32-37(24-33(3)4)62-55(82)47(34(5)8-2)67-49(76)35(6)61-46(74)28-60-51(78)39(25-36-21-18-17-19-22-36)64-53(80)41(27-45(58)73)65-52(79)40(26-44(57)72)63-50(77)38(56)29-69/h17-19,21-22,33-35,37-43,47,69-71H,7-16,20,23-32,56H2,1-6H3,(H2,57,72)(H2,58,73)(H2,59,75)(H,60,78)(H,61,74)(H,62,82)(H,63,77)(H,64,80)(H,65,79)(H,66,81)(H,67,76)/t34-,35-,37-,38-,39-,40-,41-,42-,43-,47-/m0/s1. The van der Waals surface area contributed by atoms with Gasteiger partial charge in [-0.1, -0.05) is 129 Å². The first kappa shape index (κ1) is 76.2. The zero-order valence-corrected chi connectivity index (χ0v) is 50.7. The number of amides is 11. The highest BCUT2D eigenvalue weighted by Crippen LogP contribution is 2.19. The van der Waals surface area contributed by atoms with Crippen LogP contribution in [0.1, 0.15) is 137 Å². The van der Waals surface area contributed by atoms with Crippen LogP contribution in [0.4, 0.5) is 0 Å². The summed E-state index contributed by atoms with van der Waals surface area (Å²) in [6.07, 6.45) is 7.85. The monoisotopic (exact) mass is 1230 g/mol. The van der Waals surface area contributed by atoms with Crippen LogP contribution < -0.4 is 65.5 Å². The molecule has 0 fully saturated rings. The predicted molar refractivity (Wildman–Crippen MR) is 313 cm³/mol. The number of sulfonamides is 1. The van der Waals surface area contributed by atoms with Gasteiger partial charge in [-0.05, 0) is 37.2 Å². The number of aliphatic hydroxyl groups is 3. The van der Waals surface area contributed by atoms with E-state index < -0.39 is 180 Å². The zero-order valence-electron chi connectivity index (χ0n) is 49.9. The molecular formula is C55H95N13O16S. The molecule has 0 heterocycles. The molecule has 0 spiro atoms. The fourth-order valence-corrected chi connectivity index (χ4v) is 10.7. The Bertz CT molecular complexity index is 2440. The van der Waals surface area contributed by atoms with E-state index in [1.807, 2.05) is 0 Å². The zero-order chi connectivity index (χ0) is 64.4. The first-order valence-corrected chi connectivity index (χ1v) is 30.5. The van der Waals surface area contributed by atoms with Gasteiger partial charge in [0.2, 0.25) is 75.0 Å². The van der Waals surface area contributed by atoms with E-state index in [2.05, 4.69) is 49.5 Å². The molecule has 0 saturated heterocycles. The highest BCUT2D eigenvalue weighted by atomic mass is 32.2. The van der Waals surface area contributed by atoms with Crippen LogP contribution in [0.15, 0.2) is 30.3 Å². The largest absolute Gasteiger partial charge is 0.394 e. The molecule has 0 aliphatic carbocycles. The third-order valence-electron chi connectivity index (χ3n) is 13.8. The normalized spacial score (nSPS) is 15.0. The maximum absolute atomic E-state index is 14.5. The summed E-state index contributed by atoms with van der Waals surface area (Å²) in [7, 11) is -4.54. The van der Waals surface area contributed by atoms with Crippen molar-refractivity contribution >= 4 is 75.0 Å². The van der Waals surface area contributed by atoms with Crippen molar-refractivity contribution in [2.75, 3.05) is 38.7 Å². The number of hydrogen-bond acceptors (Lipinski definition) is 17. The molecule has 1 rings (SSSR count). The Morgan fingerprint density at radius 3 is 1.56 bits per heavy atom. The minimum absolute atomic E-state index is 0.101. The average molecular weight is 1230 g/mol. The van der Waals surface area contributed by atoms with E-state index >= 15 is 0 Å². The molecule has 1 aromatic carbocycles. The molecule has 0 aliphatic heterocycles. The Morgan fingerprint density at radius 1 is 0.565 bits per heavy atom. The lowest BCUT2D eigenvalue weighted by molar-refractivity contribution is -0.136. The summed E-state index contributed by atoms with van der Waals surface area (Å²) < 4.78 is 29.8. The number of benzene rings is 1. The number of nitrogens with two attached hydrogens (primary N) is 4. The van der Waals surface area contributed by atoms with E-state index in [1.165, 1.54) is 13.3 Å². The third kappa shape index (κ3) is 29.7. The number of unbranched alkanes of at least 4 members (excludes halogenated alkanes) is 9. The van der Waals surface area contributed by atoms with Gasteiger partial charge in [-0.2, -0.15) is 4.31 Å². The Labute approximate surface area is 498 Å². The lowest BCUT2D eigenvalue weighted by atomic mass is 9.97. The lowest BCUT2D eigenvalue weighted by Gasteiger charge is -2.32. The molecule has 85 heavy (non-hydrogen) atoms. The topological polar surface area (TPSA) is 486 Å².